The summed E-state index contributed by atoms with van der Waals surface area (Å²) in [6.07, 6.45) is -2.00. The van der Waals surface area contributed by atoms with Crippen LogP contribution in [-0.2, 0) is 9.59 Å². The topological polar surface area (TPSA) is 98.7 Å². The van der Waals surface area contributed by atoms with E-state index < -0.39 is 24.0 Å². The SMILES string of the molecule is CCCNC(=O)[C@@H](O)[C@H](O)C(=O)NCCC. The third kappa shape index (κ3) is 5.09. The Morgan fingerprint density at radius 3 is 1.50 bits per heavy atom. The quantitative estimate of drug-likeness (QED) is 0.441. The van der Waals surface area contributed by atoms with Crippen molar-refractivity contribution in [2.24, 2.45) is 0 Å². The maximum absolute atomic E-state index is 11.2. The van der Waals surface area contributed by atoms with Crippen LogP contribution in [0.15, 0.2) is 0 Å². The van der Waals surface area contributed by atoms with Crippen molar-refractivity contribution < 1.29 is 19.8 Å². The second kappa shape index (κ2) is 8.06. The van der Waals surface area contributed by atoms with Gasteiger partial charge in [0.05, 0.1) is 0 Å². The van der Waals surface area contributed by atoms with E-state index in [-0.39, 0.29) is 0 Å². The van der Waals surface area contributed by atoms with Crippen LogP contribution >= 0.6 is 0 Å². The van der Waals surface area contributed by atoms with E-state index in [4.69, 9.17) is 0 Å². The van der Waals surface area contributed by atoms with E-state index in [0.29, 0.717) is 13.1 Å². The average molecular weight is 232 g/mol. The van der Waals surface area contributed by atoms with Gasteiger partial charge < -0.3 is 20.8 Å². The molecule has 2 atom stereocenters. The Labute approximate surface area is 95.0 Å². The van der Waals surface area contributed by atoms with Gasteiger partial charge in [-0.05, 0) is 12.8 Å². The molecule has 0 rings (SSSR count). The maximum Gasteiger partial charge on any atom is 0.252 e. The largest absolute Gasteiger partial charge is 0.380 e. The first-order valence-electron chi connectivity index (χ1n) is 5.46. The van der Waals surface area contributed by atoms with Gasteiger partial charge in [0.25, 0.3) is 11.8 Å². The number of rotatable bonds is 7. The van der Waals surface area contributed by atoms with E-state index >= 15 is 0 Å². The summed E-state index contributed by atoms with van der Waals surface area (Å²) in [7, 11) is 0. The highest BCUT2D eigenvalue weighted by atomic mass is 16.3. The molecule has 0 radical (unpaired) electrons. The molecule has 0 aliphatic rings. The summed E-state index contributed by atoms with van der Waals surface area (Å²) in [6.45, 7) is 4.52. The summed E-state index contributed by atoms with van der Waals surface area (Å²) in [4.78, 5) is 22.4. The summed E-state index contributed by atoms with van der Waals surface area (Å²) in [5.41, 5.74) is 0. The first-order valence-corrected chi connectivity index (χ1v) is 5.46. The van der Waals surface area contributed by atoms with Crippen LogP contribution in [-0.4, -0.2) is 47.3 Å². The fourth-order valence-corrected chi connectivity index (χ4v) is 0.992. The Morgan fingerprint density at radius 1 is 0.938 bits per heavy atom. The third-order valence-electron chi connectivity index (χ3n) is 1.93. The smallest absolute Gasteiger partial charge is 0.252 e. The molecule has 0 spiro atoms. The molecule has 0 saturated heterocycles. The molecule has 6 nitrogen and oxygen atoms in total. The van der Waals surface area contributed by atoms with Gasteiger partial charge in [0, 0.05) is 13.1 Å². The zero-order chi connectivity index (χ0) is 12.6. The molecule has 16 heavy (non-hydrogen) atoms. The highest BCUT2D eigenvalue weighted by Crippen LogP contribution is 1.94. The standard InChI is InChI=1S/C10H20N2O4/c1-3-5-11-9(15)7(13)8(14)10(16)12-6-4-2/h7-8,13-14H,3-6H2,1-2H3,(H,11,15)(H,12,16)/t7-,8-/m0/s1. The monoisotopic (exact) mass is 232 g/mol. The van der Waals surface area contributed by atoms with Crippen LogP contribution in [0.4, 0.5) is 0 Å². The second-order valence-electron chi connectivity index (χ2n) is 3.47. The van der Waals surface area contributed by atoms with Crippen LogP contribution in [0.3, 0.4) is 0 Å². The van der Waals surface area contributed by atoms with E-state index in [1.54, 1.807) is 0 Å². The molecule has 0 aliphatic heterocycles. The van der Waals surface area contributed by atoms with Crippen molar-refractivity contribution in [3.05, 3.63) is 0 Å². The Hall–Kier alpha value is -1.14. The first-order chi connectivity index (χ1) is 7.54. The van der Waals surface area contributed by atoms with Gasteiger partial charge in [-0.15, -0.1) is 0 Å². The number of hydrogen-bond donors (Lipinski definition) is 4. The van der Waals surface area contributed by atoms with Gasteiger partial charge in [0.2, 0.25) is 0 Å². The normalized spacial score (nSPS) is 14.0. The summed E-state index contributed by atoms with van der Waals surface area (Å²) < 4.78 is 0. The van der Waals surface area contributed by atoms with Gasteiger partial charge in [-0.1, -0.05) is 13.8 Å². The van der Waals surface area contributed by atoms with Gasteiger partial charge in [-0.25, -0.2) is 0 Å². The molecule has 0 fully saturated rings. The highest BCUT2D eigenvalue weighted by molar-refractivity contribution is 5.90. The molecule has 0 bridgehead atoms. The predicted octanol–water partition coefficient (Wildman–Crippen LogP) is -1.24. The van der Waals surface area contributed by atoms with Crippen molar-refractivity contribution in [2.75, 3.05) is 13.1 Å². The number of aliphatic hydroxyl groups is 2. The number of aliphatic hydroxyl groups excluding tert-OH is 2. The van der Waals surface area contributed by atoms with Gasteiger partial charge in [-0.3, -0.25) is 9.59 Å². The van der Waals surface area contributed by atoms with Crippen LogP contribution in [0.25, 0.3) is 0 Å². The molecule has 0 heterocycles. The molecular weight excluding hydrogens is 212 g/mol. The lowest BCUT2D eigenvalue weighted by atomic mass is 10.1. The molecule has 6 heteroatoms. The molecular formula is C10H20N2O4. The summed E-state index contributed by atoms with van der Waals surface area (Å²) in [5, 5.41) is 23.5. The molecule has 94 valence electrons. The van der Waals surface area contributed by atoms with Gasteiger partial charge in [0.15, 0.2) is 12.2 Å². The van der Waals surface area contributed by atoms with Crippen molar-refractivity contribution in [3.63, 3.8) is 0 Å². The van der Waals surface area contributed by atoms with E-state index in [9.17, 15) is 19.8 Å². The van der Waals surface area contributed by atoms with Gasteiger partial charge >= 0.3 is 0 Å². The number of carbonyl (C=O) groups excluding carboxylic acids is 2. The fourth-order valence-electron chi connectivity index (χ4n) is 0.992. The number of nitrogens with one attached hydrogen (secondary N) is 2. The van der Waals surface area contributed by atoms with Crippen molar-refractivity contribution in [1.29, 1.82) is 0 Å². The maximum atomic E-state index is 11.2. The number of amides is 2. The minimum absolute atomic E-state index is 0.402. The van der Waals surface area contributed by atoms with Gasteiger partial charge in [-0.2, -0.15) is 0 Å². The van der Waals surface area contributed by atoms with Crippen molar-refractivity contribution >= 4 is 11.8 Å². The Morgan fingerprint density at radius 2 is 1.25 bits per heavy atom. The first kappa shape index (κ1) is 14.9. The summed E-state index contributed by atoms with van der Waals surface area (Å²) in [6, 6.07) is 0. The molecule has 0 aromatic carbocycles. The molecule has 0 aliphatic carbocycles. The number of carbonyl (C=O) groups is 2. The lowest BCUT2D eigenvalue weighted by Crippen LogP contribution is -2.49. The lowest BCUT2D eigenvalue weighted by Gasteiger charge is -2.16. The molecule has 0 aromatic rings. The van der Waals surface area contributed by atoms with Crippen molar-refractivity contribution in [3.8, 4) is 0 Å². The summed E-state index contributed by atoms with van der Waals surface area (Å²) in [5.74, 6) is -1.47. The lowest BCUT2D eigenvalue weighted by molar-refractivity contribution is -0.146. The second-order valence-corrected chi connectivity index (χ2v) is 3.47. The van der Waals surface area contributed by atoms with Crippen LogP contribution in [0.2, 0.25) is 0 Å². The minimum Gasteiger partial charge on any atom is -0.380 e. The Bertz CT molecular complexity index is 209. The molecule has 4 N–H and O–H groups in total. The van der Waals surface area contributed by atoms with Crippen LogP contribution in [0, 0.1) is 0 Å². The zero-order valence-electron chi connectivity index (χ0n) is 9.69. The number of hydrogen-bond acceptors (Lipinski definition) is 4. The van der Waals surface area contributed by atoms with Crippen LogP contribution in [0.1, 0.15) is 26.7 Å². The highest BCUT2D eigenvalue weighted by Gasteiger charge is 2.29. The van der Waals surface area contributed by atoms with Crippen LogP contribution in [0.5, 0.6) is 0 Å². The minimum atomic E-state index is -1.72. The predicted molar refractivity (Wildman–Crippen MR) is 58.6 cm³/mol. The van der Waals surface area contributed by atoms with E-state index in [2.05, 4.69) is 10.6 Å². The summed E-state index contributed by atoms with van der Waals surface area (Å²) >= 11 is 0. The van der Waals surface area contributed by atoms with Gasteiger partial charge in [0.1, 0.15) is 0 Å². The third-order valence-corrected chi connectivity index (χ3v) is 1.93. The average Bonchev–Trinajstić information content (AvgIpc) is 2.30. The molecule has 0 saturated carbocycles. The van der Waals surface area contributed by atoms with Crippen LogP contribution < -0.4 is 10.6 Å². The Balaban J connectivity index is 4.09. The zero-order valence-corrected chi connectivity index (χ0v) is 9.69. The van der Waals surface area contributed by atoms with E-state index in [1.807, 2.05) is 13.8 Å². The molecule has 0 aromatic heterocycles. The molecule has 2 amide bonds. The van der Waals surface area contributed by atoms with Crippen molar-refractivity contribution in [1.82, 2.24) is 10.6 Å². The van der Waals surface area contributed by atoms with E-state index in [0.717, 1.165) is 12.8 Å². The fraction of sp³-hybridized carbons (Fsp3) is 0.800. The van der Waals surface area contributed by atoms with Crippen molar-refractivity contribution in [2.45, 2.75) is 38.9 Å². The molecule has 0 unspecified atom stereocenters. The van der Waals surface area contributed by atoms with E-state index in [1.165, 1.54) is 0 Å². The Kier molecular flexibility index (Phi) is 7.49.